The Morgan fingerprint density at radius 1 is 1.23 bits per heavy atom. The van der Waals surface area contributed by atoms with E-state index in [2.05, 4.69) is 27.7 Å². The summed E-state index contributed by atoms with van der Waals surface area (Å²) in [6.07, 6.45) is 2.75. The fraction of sp³-hybridized carbons (Fsp3) is 0.619. The van der Waals surface area contributed by atoms with Crippen LogP contribution in [0.3, 0.4) is 0 Å². The Balaban J connectivity index is 2.13. The molecule has 1 unspecified atom stereocenters. The minimum Gasteiger partial charge on any atom is -0.339 e. The van der Waals surface area contributed by atoms with Crippen LogP contribution in [0.25, 0.3) is 0 Å². The van der Waals surface area contributed by atoms with Crippen molar-refractivity contribution < 1.29 is 9.59 Å². The number of rotatable bonds is 9. The molecule has 2 rings (SSSR count). The summed E-state index contributed by atoms with van der Waals surface area (Å²) in [7, 11) is 0. The molecular weight excluding hydrogens is 326 g/mol. The Labute approximate surface area is 157 Å². The van der Waals surface area contributed by atoms with E-state index in [4.69, 9.17) is 5.73 Å². The number of benzene rings is 1. The van der Waals surface area contributed by atoms with E-state index in [-0.39, 0.29) is 17.9 Å². The third-order valence-electron chi connectivity index (χ3n) is 4.74. The van der Waals surface area contributed by atoms with E-state index < -0.39 is 0 Å². The van der Waals surface area contributed by atoms with Crippen molar-refractivity contribution >= 4 is 11.8 Å². The van der Waals surface area contributed by atoms with E-state index in [1.807, 2.05) is 21.9 Å². The lowest BCUT2D eigenvalue weighted by molar-refractivity contribution is 0.0755. The maximum atomic E-state index is 12.8. The minimum absolute atomic E-state index is 0.00797. The van der Waals surface area contributed by atoms with Gasteiger partial charge in [0.1, 0.15) is 0 Å². The molecule has 0 saturated carbocycles. The largest absolute Gasteiger partial charge is 0.339 e. The van der Waals surface area contributed by atoms with E-state index in [9.17, 15) is 9.59 Å². The molecule has 1 heterocycles. The standard InChI is InChI=1S/C21H33N3O2/c1-5-9-23(10-6-2)20(25)16-7-8-17-13-24(21(26)19(17)12-16)14-18(22)11-15(3)4/h7-8,12,15,18H,5-6,9-11,13-14,22H2,1-4H3. The molecule has 2 amide bonds. The van der Waals surface area contributed by atoms with Crippen LogP contribution in [0.4, 0.5) is 0 Å². The molecule has 0 saturated heterocycles. The number of carbonyl (C=O) groups excluding carboxylic acids is 2. The van der Waals surface area contributed by atoms with Crippen LogP contribution >= 0.6 is 0 Å². The van der Waals surface area contributed by atoms with Gasteiger partial charge in [0, 0.05) is 43.3 Å². The first-order valence-electron chi connectivity index (χ1n) is 9.84. The molecule has 0 spiro atoms. The van der Waals surface area contributed by atoms with Gasteiger partial charge in [0.15, 0.2) is 0 Å². The normalized spacial score (nSPS) is 14.7. The lowest BCUT2D eigenvalue weighted by Crippen LogP contribution is -2.38. The van der Waals surface area contributed by atoms with E-state index in [0.29, 0.717) is 30.1 Å². The van der Waals surface area contributed by atoms with Gasteiger partial charge in [-0.1, -0.05) is 33.8 Å². The van der Waals surface area contributed by atoms with E-state index in [1.54, 1.807) is 6.07 Å². The third-order valence-corrected chi connectivity index (χ3v) is 4.74. The molecule has 5 nitrogen and oxygen atoms in total. The van der Waals surface area contributed by atoms with Gasteiger partial charge in [-0.05, 0) is 42.9 Å². The summed E-state index contributed by atoms with van der Waals surface area (Å²) in [6, 6.07) is 5.53. The molecule has 1 aromatic rings. The quantitative estimate of drug-likeness (QED) is 0.736. The SMILES string of the molecule is CCCN(CCC)C(=O)c1ccc2c(c1)C(=O)N(CC(N)CC(C)C)C2. The topological polar surface area (TPSA) is 66.6 Å². The Bertz CT molecular complexity index is 636. The van der Waals surface area contributed by atoms with Crippen LogP contribution in [0.2, 0.25) is 0 Å². The van der Waals surface area contributed by atoms with Crippen LogP contribution in [0.15, 0.2) is 18.2 Å². The van der Waals surface area contributed by atoms with Crippen molar-refractivity contribution in [2.24, 2.45) is 11.7 Å². The molecule has 1 aliphatic rings. The number of fused-ring (bicyclic) bond motifs is 1. The molecule has 144 valence electrons. The monoisotopic (exact) mass is 359 g/mol. The molecule has 1 aliphatic heterocycles. The highest BCUT2D eigenvalue weighted by Crippen LogP contribution is 2.25. The zero-order valence-electron chi connectivity index (χ0n) is 16.6. The van der Waals surface area contributed by atoms with Crippen LogP contribution in [-0.4, -0.2) is 47.3 Å². The molecule has 0 aliphatic carbocycles. The van der Waals surface area contributed by atoms with Gasteiger partial charge in [0.2, 0.25) is 0 Å². The Morgan fingerprint density at radius 2 is 1.88 bits per heavy atom. The molecule has 0 radical (unpaired) electrons. The van der Waals surface area contributed by atoms with Crippen LogP contribution in [0.1, 0.15) is 73.2 Å². The number of hydrogen-bond acceptors (Lipinski definition) is 3. The highest BCUT2D eigenvalue weighted by Gasteiger charge is 2.29. The maximum Gasteiger partial charge on any atom is 0.254 e. The maximum absolute atomic E-state index is 12.8. The average Bonchev–Trinajstić information content (AvgIpc) is 2.88. The van der Waals surface area contributed by atoms with Gasteiger partial charge in [-0.2, -0.15) is 0 Å². The second-order valence-corrected chi connectivity index (χ2v) is 7.74. The van der Waals surface area contributed by atoms with Crippen molar-refractivity contribution in [2.75, 3.05) is 19.6 Å². The molecular formula is C21H33N3O2. The molecule has 0 fully saturated rings. The zero-order chi connectivity index (χ0) is 19.3. The van der Waals surface area contributed by atoms with Crippen molar-refractivity contribution in [1.29, 1.82) is 0 Å². The van der Waals surface area contributed by atoms with Crippen molar-refractivity contribution in [2.45, 2.75) is 59.5 Å². The Morgan fingerprint density at radius 3 is 2.46 bits per heavy atom. The number of amides is 2. The fourth-order valence-electron chi connectivity index (χ4n) is 3.64. The summed E-state index contributed by atoms with van der Waals surface area (Å²) in [5.41, 5.74) is 8.43. The van der Waals surface area contributed by atoms with Crippen LogP contribution < -0.4 is 5.73 Å². The van der Waals surface area contributed by atoms with Crippen molar-refractivity contribution in [3.05, 3.63) is 34.9 Å². The first-order chi connectivity index (χ1) is 12.4. The molecule has 1 aromatic carbocycles. The summed E-state index contributed by atoms with van der Waals surface area (Å²) in [6.45, 7) is 11.0. The van der Waals surface area contributed by atoms with Gasteiger partial charge in [0.05, 0.1) is 0 Å². The van der Waals surface area contributed by atoms with Gasteiger partial charge in [0.25, 0.3) is 11.8 Å². The molecule has 1 atom stereocenters. The first-order valence-corrected chi connectivity index (χ1v) is 9.84. The highest BCUT2D eigenvalue weighted by atomic mass is 16.2. The lowest BCUT2D eigenvalue weighted by Gasteiger charge is -2.22. The molecule has 26 heavy (non-hydrogen) atoms. The minimum atomic E-state index is -0.0148. The Hall–Kier alpha value is -1.88. The van der Waals surface area contributed by atoms with E-state index in [1.165, 1.54) is 0 Å². The predicted octanol–water partition coefficient (Wildman–Crippen LogP) is 3.28. The van der Waals surface area contributed by atoms with E-state index >= 15 is 0 Å². The number of carbonyl (C=O) groups is 2. The lowest BCUT2D eigenvalue weighted by atomic mass is 10.0. The van der Waals surface area contributed by atoms with Crippen molar-refractivity contribution in [1.82, 2.24) is 9.80 Å². The highest BCUT2D eigenvalue weighted by molar-refractivity contribution is 6.02. The summed E-state index contributed by atoms with van der Waals surface area (Å²) in [5, 5.41) is 0. The smallest absolute Gasteiger partial charge is 0.254 e. The third kappa shape index (κ3) is 4.85. The average molecular weight is 360 g/mol. The molecule has 2 N–H and O–H groups in total. The van der Waals surface area contributed by atoms with Gasteiger partial charge in [-0.3, -0.25) is 9.59 Å². The number of nitrogens with two attached hydrogens (primary N) is 1. The summed E-state index contributed by atoms with van der Waals surface area (Å²) < 4.78 is 0. The number of hydrogen-bond donors (Lipinski definition) is 1. The predicted molar refractivity (Wildman–Crippen MR) is 105 cm³/mol. The van der Waals surface area contributed by atoms with Crippen molar-refractivity contribution in [3.8, 4) is 0 Å². The van der Waals surface area contributed by atoms with Gasteiger partial charge in [-0.25, -0.2) is 0 Å². The van der Waals surface area contributed by atoms with Gasteiger partial charge < -0.3 is 15.5 Å². The van der Waals surface area contributed by atoms with Crippen LogP contribution in [0, 0.1) is 5.92 Å². The second kappa shape index (κ2) is 9.17. The molecule has 0 bridgehead atoms. The second-order valence-electron chi connectivity index (χ2n) is 7.74. The van der Waals surface area contributed by atoms with Gasteiger partial charge >= 0.3 is 0 Å². The fourth-order valence-corrected chi connectivity index (χ4v) is 3.64. The summed E-state index contributed by atoms with van der Waals surface area (Å²) >= 11 is 0. The van der Waals surface area contributed by atoms with Crippen molar-refractivity contribution in [3.63, 3.8) is 0 Å². The van der Waals surface area contributed by atoms with Crippen LogP contribution in [0.5, 0.6) is 0 Å². The van der Waals surface area contributed by atoms with Crippen LogP contribution in [-0.2, 0) is 6.54 Å². The summed E-state index contributed by atoms with van der Waals surface area (Å²) in [4.78, 5) is 29.2. The van der Waals surface area contributed by atoms with Gasteiger partial charge in [-0.15, -0.1) is 0 Å². The first kappa shape index (κ1) is 20.4. The molecule has 5 heteroatoms. The number of nitrogens with zero attached hydrogens (tertiary/aromatic N) is 2. The summed E-state index contributed by atoms with van der Waals surface area (Å²) in [5.74, 6) is 0.517. The Kier molecular flexibility index (Phi) is 7.21. The van der Waals surface area contributed by atoms with E-state index in [0.717, 1.165) is 37.9 Å². The zero-order valence-corrected chi connectivity index (χ0v) is 16.6. The molecule has 0 aromatic heterocycles.